The molecule has 0 spiro atoms. The number of hydrogen-bond donors (Lipinski definition) is 2. The molecule has 1 amide bonds. The predicted molar refractivity (Wildman–Crippen MR) is 121 cm³/mol. The van der Waals surface area contributed by atoms with Gasteiger partial charge in [-0.15, -0.1) is 10.2 Å². The minimum absolute atomic E-state index is 0.0162. The number of amides is 1. The van der Waals surface area contributed by atoms with Crippen LogP contribution in [0.5, 0.6) is 0 Å². The molecule has 1 fully saturated rings. The SMILES string of the molecule is CCOC(=O)c1nnc(N2CCC[C@@H](NC(=O)OC(C)(C)C)[C@H]2C)nc1Nc1cnn(C)c1. The highest BCUT2D eigenvalue weighted by atomic mass is 16.6. The lowest BCUT2D eigenvalue weighted by Crippen LogP contribution is -2.55. The minimum atomic E-state index is -0.619. The number of aromatic nitrogens is 5. The Morgan fingerprint density at radius 3 is 2.67 bits per heavy atom. The zero-order valence-corrected chi connectivity index (χ0v) is 20.0. The van der Waals surface area contributed by atoms with Gasteiger partial charge >= 0.3 is 12.1 Å². The molecule has 12 nitrogen and oxygen atoms in total. The average Bonchev–Trinajstić information content (AvgIpc) is 3.13. The fraction of sp³-hybridized carbons (Fsp3) is 0.619. The largest absolute Gasteiger partial charge is 0.461 e. The van der Waals surface area contributed by atoms with E-state index in [-0.39, 0.29) is 30.2 Å². The number of anilines is 3. The van der Waals surface area contributed by atoms with Crippen LogP contribution in [0.25, 0.3) is 0 Å². The molecular weight excluding hydrogens is 428 g/mol. The third kappa shape index (κ3) is 6.30. The molecule has 2 atom stereocenters. The van der Waals surface area contributed by atoms with Gasteiger partial charge in [0.25, 0.3) is 0 Å². The maximum absolute atomic E-state index is 12.4. The highest BCUT2D eigenvalue weighted by Crippen LogP contribution is 2.25. The van der Waals surface area contributed by atoms with Crippen LogP contribution in [0.3, 0.4) is 0 Å². The predicted octanol–water partition coefficient (Wildman–Crippen LogP) is 2.41. The van der Waals surface area contributed by atoms with Crippen molar-refractivity contribution >= 4 is 29.5 Å². The third-order valence-corrected chi connectivity index (χ3v) is 5.06. The first-order valence-electron chi connectivity index (χ1n) is 11.0. The first kappa shape index (κ1) is 24.2. The molecule has 0 bridgehead atoms. The molecule has 0 unspecified atom stereocenters. The van der Waals surface area contributed by atoms with E-state index in [2.05, 4.69) is 30.9 Å². The van der Waals surface area contributed by atoms with Gasteiger partial charge in [-0.2, -0.15) is 10.1 Å². The standard InChI is InChI=1S/C21H32N8O4/c1-7-32-18(30)16-17(23-14-11-22-28(6)12-14)25-19(27-26-16)29-10-8-9-15(13(29)2)24-20(31)33-21(3,4)5/h11-13,15H,7-10H2,1-6H3,(H,24,31)(H,23,25,27)/t13-,15-/m1/s1. The van der Waals surface area contributed by atoms with Gasteiger partial charge in [-0.1, -0.05) is 0 Å². The topological polar surface area (TPSA) is 136 Å². The van der Waals surface area contributed by atoms with E-state index < -0.39 is 17.7 Å². The Labute approximate surface area is 193 Å². The molecule has 0 radical (unpaired) electrons. The molecule has 2 aromatic rings. The first-order valence-corrected chi connectivity index (χ1v) is 11.0. The summed E-state index contributed by atoms with van der Waals surface area (Å²) in [6.07, 6.45) is 4.52. The van der Waals surface area contributed by atoms with E-state index in [1.807, 2.05) is 32.6 Å². The fourth-order valence-electron chi connectivity index (χ4n) is 3.56. The van der Waals surface area contributed by atoms with Crippen LogP contribution >= 0.6 is 0 Å². The van der Waals surface area contributed by atoms with Gasteiger partial charge in [-0.05, 0) is 47.5 Å². The van der Waals surface area contributed by atoms with E-state index in [9.17, 15) is 9.59 Å². The first-order chi connectivity index (χ1) is 15.6. The van der Waals surface area contributed by atoms with Crippen LogP contribution in [0.4, 0.5) is 22.2 Å². The van der Waals surface area contributed by atoms with Crippen molar-refractivity contribution in [1.82, 2.24) is 30.3 Å². The zero-order chi connectivity index (χ0) is 24.2. The normalized spacial score (nSPS) is 18.5. The van der Waals surface area contributed by atoms with Gasteiger partial charge in [0.2, 0.25) is 11.6 Å². The lowest BCUT2D eigenvalue weighted by molar-refractivity contribution is 0.0485. The lowest BCUT2D eigenvalue weighted by atomic mass is 9.98. The molecule has 0 aliphatic carbocycles. The van der Waals surface area contributed by atoms with Crippen molar-refractivity contribution in [1.29, 1.82) is 0 Å². The quantitative estimate of drug-likeness (QED) is 0.618. The van der Waals surface area contributed by atoms with E-state index >= 15 is 0 Å². The minimum Gasteiger partial charge on any atom is -0.461 e. The van der Waals surface area contributed by atoms with Crippen molar-refractivity contribution in [2.45, 2.75) is 65.1 Å². The maximum Gasteiger partial charge on any atom is 0.407 e. The average molecular weight is 461 g/mol. The number of carbonyl (C=O) groups excluding carboxylic acids is 2. The number of ether oxygens (including phenoxy) is 2. The van der Waals surface area contributed by atoms with Crippen molar-refractivity contribution in [2.75, 3.05) is 23.4 Å². The maximum atomic E-state index is 12.4. The number of esters is 1. The van der Waals surface area contributed by atoms with Gasteiger partial charge in [0.05, 0.1) is 24.5 Å². The number of hydrogen-bond acceptors (Lipinski definition) is 10. The molecule has 2 N–H and O–H groups in total. The van der Waals surface area contributed by atoms with E-state index in [1.54, 1.807) is 31.0 Å². The summed E-state index contributed by atoms with van der Waals surface area (Å²) in [5.41, 5.74) is 0.0491. The van der Waals surface area contributed by atoms with Crippen molar-refractivity contribution < 1.29 is 19.1 Å². The Morgan fingerprint density at radius 1 is 1.27 bits per heavy atom. The summed E-state index contributed by atoms with van der Waals surface area (Å²) in [6, 6.07) is -0.274. The van der Waals surface area contributed by atoms with Gasteiger partial charge < -0.3 is 25.0 Å². The summed E-state index contributed by atoms with van der Waals surface area (Å²) in [5.74, 6) is -0.0508. The monoisotopic (exact) mass is 460 g/mol. The molecule has 0 saturated carbocycles. The molecule has 180 valence electrons. The smallest absolute Gasteiger partial charge is 0.407 e. The van der Waals surface area contributed by atoms with Gasteiger partial charge in [0, 0.05) is 25.8 Å². The number of piperidine rings is 1. The second-order valence-corrected chi connectivity index (χ2v) is 8.89. The second kappa shape index (κ2) is 10.0. The number of aryl methyl sites for hydroxylation is 1. The van der Waals surface area contributed by atoms with Crippen LogP contribution in [0.15, 0.2) is 12.4 Å². The summed E-state index contributed by atoms with van der Waals surface area (Å²) in [7, 11) is 1.79. The van der Waals surface area contributed by atoms with E-state index in [0.717, 1.165) is 12.8 Å². The van der Waals surface area contributed by atoms with Crippen LogP contribution < -0.4 is 15.5 Å². The van der Waals surface area contributed by atoms with Crippen LogP contribution in [0.1, 0.15) is 57.9 Å². The van der Waals surface area contributed by atoms with Gasteiger partial charge in [0.15, 0.2) is 5.82 Å². The number of rotatable bonds is 6. The summed E-state index contributed by atoms with van der Waals surface area (Å²) in [6.45, 7) is 10.1. The summed E-state index contributed by atoms with van der Waals surface area (Å²) >= 11 is 0. The molecule has 1 aliphatic rings. The molecule has 2 aromatic heterocycles. The molecule has 3 heterocycles. The number of alkyl carbamates (subject to hydrolysis) is 1. The van der Waals surface area contributed by atoms with Crippen molar-refractivity contribution in [3.05, 3.63) is 18.1 Å². The molecular formula is C21H32N8O4. The van der Waals surface area contributed by atoms with Crippen LogP contribution in [0, 0.1) is 0 Å². The molecule has 1 saturated heterocycles. The van der Waals surface area contributed by atoms with Gasteiger partial charge in [-0.3, -0.25) is 4.68 Å². The Morgan fingerprint density at radius 2 is 2.03 bits per heavy atom. The highest BCUT2D eigenvalue weighted by Gasteiger charge is 2.33. The van der Waals surface area contributed by atoms with Crippen LogP contribution in [-0.2, 0) is 16.5 Å². The molecule has 33 heavy (non-hydrogen) atoms. The number of nitrogens with one attached hydrogen (secondary N) is 2. The molecule has 0 aromatic carbocycles. The van der Waals surface area contributed by atoms with Gasteiger partial charge in [0.1, 0.15) is 5.60 Å². The van der Waals surface area contributed by atoms with Crippen molar-refractivity contribution in [3.8, 4) is 0 Å². The zero-order valence-electron chi connectivity index (χ0n) is 20.0. The van der Waals surface area contributed by atoms with Crippen molar-refractivity contribution in [3.63, 3.8) is 0 Å². The molecule has 3 rings (SSSR count). The summed E-state index contributed by atoms with van der Waals surface area (Å²) in [5, 5.41) is 18.5. The summed E-state index contributed by atoms with van der Waals surface area (Å²) < 4.78 is 12.1. The Bertz CT molecular complexity index is 987. The number of carbonyl (C=O) groups is 2. The Balaban J connectivity index is 1.84. The van der Waals surface area contributed by atoms with Gasteiger partial charge in [-0.25, -0.2) is 9.59 Å². The van der Waals surface area contributed by atoms with Crippen LogP contribution in [-0.4, -0.2) is 67.9 Å². The molecule has 1 aliphatic heterocycles. The van der Waals surface area contributed by atoms with Crippen molar-refractivity contribution in [2.24, 2.45) is 7.05 Å². The highest BCUT2D eigenvalue weighted by molar-refractivity contribution is 5.93. The van der Waals surface area contributed by atoms with Crippen LogP contribution in [0.2, 0.25) is 0 Å². The Hall–Kier alpha value is -3.44. The molecule has 12 heteroatoms. The second-order valence-electron chi connectivity index (χ2n) is 8.89. The van der Waals surface area contributed by atoms with E-state index in [0.29, 0.717) is 18.2 Å². The van der Waals surface area contributed by atoms with E-state index in [1.165, 1.54) is 0 Å². The fourth-order valence-corrected chi connectivity index (χ4v) is 3.56. The van der Waals surface area contributed by atoms with E-state index in [4.69, 9.17) is 9.47 Å². The Kier molecular flexibility index (Phi) is 7.34. The third-order valence-electron chi connectivity index (χ3n) is 5.06. The number of nitrogens with zero attached hydrogens (tertiary/aromatic N) is 6. The lowest BCUT2D eigenvalue weighted by Gasteiger charge is -2.39. The summed E-state index contributed by atoms with van der Waals surface area (Å²) in [4.78, 5) is 31.2.